The predicted molar refractivity (Wildman–Crippen MR) is 63.9 cm³/mol. The minimum Gasteiger partial charge on any atom is -0.450 e. The van der Waals surface area contributed by atoms with Gasteiger partial charge in [-0.05, 0) is 6.42 Å². The van der Waals surface area contributed by atoms with Crippen molar-refractivity contribution in [1.82, 2.24) is 0 Å². The fraction of sp³-hybridized carbons (Fsp3) is 0.857. The van der Waals surface area contributed by atoms with Gasteiger partial charge in [0.05, 0.1) is 0 Å². The van der Waals surface area contributed by atoms with E-state index < -0.39 is 19.1 Å². The van der Waals surface area contributed by atoms with E-state index in [1.807, 2.05) is 0 Å². The van der Waals surface area contributed by atoms with Crippen LogP contribution in [0.1, 0.15) is 13.3 Å². The molecule has 0 radical (unpaired) electrons. The SMILES string of the molecule is CCC(S)(S)C(=O)O[Si](OC)(OC)OC. The van der Waals surface area contributed by atoms with Gasteiger partial charge in [0, 0.05) is 21.3 Å². The molecule has 0 aromatic heterocycles. The predicted octanol–water partition coefficient (Wildman–Crippen LogP) is 0.870. The first-order valence-corrected chi connectivity index (χ1v) is 6.73. The molecule has 0 aromatic rings. The van der Waals surface area contributed by atoms with Crippen LogP contribution in [0.25, 0.3) is 0 Å². The highest BCUT2D eigenvalue weighted by atomic mass is 32.2. The van der Waals surface area contributed by atoms with Gasteiger partial charge in [0.25, 0.3) is 0 Å². The Morgan fingerprint density at radius 1 is 1.20 bits per heavy atom. The first kappa shape index (κ1) is 15.3. The van der Waals surface area contributed by atoms with Crippen LogP contribution in [0.15, 0.2) is 0 Å². The third kappa shape index (κ3) is 3.97. The maximum Gasteiger partial charge on any atom is 0.750 e. The molecule has 0 amide bonds. The van der Waals surface area contributed by atoms with Gasteiger partial charge in [-0.25, -0.2) is 0 Å². The van der Waals surface area contributed by atoms with Gasteiger partial charge in [-0.3, -0.25) is 4.79 Å². The maximum absolute atomic E-state index is 11.6. The fourth-order valence-electron chi connectivity index (χ4n) is 0.715. The van der Waals surface area contributed by atoms with Crippen molar-refractivity contribution in [3.63, 3.8) is 0 Å². The van der Waals surface area contributed by atoms with Crippen molar-refractivity contribution < 1.29 is 22.5 Å². The highest BCUT2D eigenvalue weighted by molar-refractivity contribution is 8.01. The van der Waals surface area contributed by atoms with Crippen molar-refractivity contribution in [3.8, 4) is 0 Å². The summed E-state index contributed by atoms with van der Waals surface area (Å²) in [4.78, 5) is 11.6. The second-order valence-corrected chi connectivity index (χ2v) is 6.98. The van der Waals surface area contributed by atoms with Gasteiger partial charge < -0.3 is 17.7 Å². The number of hydrogen-bond acceptors (Lipinski definition) is 7. The molecule has 0 aliphatic rings. The normalized spacial score (nSPS) is 12.7. The van der Waals surface area contributed by atoms with Gasteiger partial charge in [0.15, 0.2) is 4.08 Å². The van der Waals surface area contributed by atoms with Crippen molar-refractivity contribution in [2.45, 2.75) is 17.4 Å². The van der Waals surface area contributed by atoms with Crippen molar-refractivity contribution in [3.05, 3.63) is 0 Å². The van der Waals surface area contributed by atoms with Gasteiger partial charge in [-0.15, -0.1) is 0 Å². The molecule has 0 unspecified atom stereocenters. The lowest BCUT2D eigenvalue weighted by atomic mass is 10.3. The van der Waals surface area contributed by atoms with Gasteiger partial charge in [-0.1, -0.05) is 6.92 Å². The highest BCUT2D eigenvalue weighted by Crippen LogP contribution is 2.27. The molecule has 15 heavy (non-hydrogen) atoms. The lowest BCUT2D eigenvalue weighted by molar-refractivity contribution is -0.143. The topological polar surface area (TPSA) is 54.0 Å². The summed E-state index contributed by atoms with van der Waals surface area (Å²) in [6.45, 7) is 1.76. The zero-order valence-corrected chi connectivity index (χ0v) is 11.9. The summed E-state index contributed by atoms with van der Waals surface area (Å²) in [6.07, 6.45) is 0.402. The van der Waals surface area contributed by atoms with E-state index in [0.29, 0.717) is 6.42 Å². The molecule has 5 nitrogen and oxygen atoms in total. The van der Waals surface area contributed by atoms with Crippen LogP contribution in [0, 0.1) is 0 Å². The van der Waals surface area contributed by atoms with E-state index in [2.05, 4.69) is 25.3 Å². The zero-order valence-electron chi connectivity index (χ0n) is 9.14. The van der Waals surface area contributed by atoms with Crippen LogP contribution in [0.2, 0.25) is 0 Å². The minimum absolute atomic E-state index is 0.402. The molecule has 0 aliphatic heterocycles. The van der Waals surface area contributed by atoms with Crippen LogP contribution in [-0.2, 0) is 22.5 Å². The van der Waals surface area contributed by atoms with Crippen LogP contribution in [0.4, 0.5) is 0 Å². The van der Waals surface area contributed by atoms with E-state index in [4.69, 9.17) is 17.7 Å². The number of carbonyl (C=O) groups is 1. The van der Waals surface area contributed by atoms with Gasteiger partial charge in [0.2, 0.25) is 0 Å². The van der Waals surface area contributed by atoms with Gasteiger partial charge in [0.1, 0.15) is 0 Å². The van der Waals surface area contributed by atoms with Gasteiger partial charge in [-0.2, -0.15) is 25.3 Å². The standard InChI is InChI=1S/C7H16O5S2Si/c1-5-7(13,14)6(8)12-15(9-2,10-3)11-4/h13-14H,5H2,1-4H3. The Morgan fingerprint density at radius 3 is 1.87 bits per heavy atom. The summed E-state index contributed by atoms with van der Waals surface area (Å²) in [6, 6.07) is 0. The Morgan fingerprint density at radius 2 is 1.60 bits per heavy atom. The second-order valence-electron chi connectivity index (χ2n) is 2.67. The quantitative estimate of drug-likeness (QED) is 0.427. The Bertz CT molecular complexity index is 211. The molecule has 0 saturated carbocycles. The van der Waals surface area contributed by atoms with E-state index >= 15 is 0 Å². The number of hydrogen-bond donors (Lipinski definition) is 2. The lowest BCUT2D eigenvalue weighted by Crippen LogP contribution is -2.50. The summed E-state index contributed by atoms with van der Waals surface area (Å²) in [5.74, 6) is -0.645. The molecule has 8 heteroatoms. The molecule has 0 atom stereocenters. The van der Waals surface area contributed by atoms with Crippen molar-refractivity contribution >= 4 is 40.3 Å². The van der Waals surface area contributed by atoms with Gasteiger partial charge >= 0.3 is 15.0 Å². The Labute approximate surface area is 102 Å². The van der Waals surface area contributed by atoms with Crippen LogP contribution in [0.5, 0.6) is 0 Å². The first-order chi connectivity index (χ1) is 6.87. The molecule has 0 heterocycles. The molecule has 0 rings (SSSR count). The Kier molecular flexibility index (Phi) is 6.22. The fourth-order valence-corrected chi connectivity index (χ4v) is 2.13. The molecule has 0 N–H and O–H groups in total. The summed E-state index contributed by atoms with van der Waals surface area (Å²) in [5.41, 5.74) is 0. The Balaban J connectivity index is 4.62. The molecule has 0 aromatic carbocycles. The van der Waals surface area contributed by atoms with Crippen molar-refractivity contribution in [1.29, 1.82) is 0 Å². The molecule has 0 spiro atoms. The highest BCUT2D eigenvalue weighted by Gasteiger charge is 2.49. The Hall–Kier alpha value is 0.267. The molecule has 0 saturated heterocycles. The van der Waals surface area contributed by atoms with Crippen molar-refractivity contribution in [2.75, 3.05) is 21.3 Å². The third-order valence-corrected chi connectivity index (χ3v) is 4.72. The first-order valence-electron chi connectivity index (χ1n) is 4.21. The summed E-state index contributed by atoms with van der Waals surface area (Å²) < 4.78 is 18.6. The lowest BCUT2D eigenvalue weighted by Gasteiger charge is -2.26. The van der Waals surface area contributed by atoms with E-state index in [9.17, 15) is 4.79 Å². The smallest absolute Gasteiger partial charge is 0.450 e. The molecule has 0 bridgehead atoms. The average Bonchev–Trinajstić information content (AvgIpc) is 2.25. The molecule has 0 aliphatic carbocycles. The second kappa shape index (κ2) is 6.11. The largest absolute Gasteiger partial charge is 0.750 e. The molecule has 0 fully saturated rings. The van der Waals surface area contributed by atoms with Crippen molar-refractivity contribution in [2.24, 2.45) is 0 Å². The van der Waals surface area contributed by atoms with Crippen LogP contribution in [-0.4, -0.2) is 40.4 Å². The van der Waals surface area contributed by atoms with E-state index in [1.165, 1.54) is 21.3 Å². The van der Waals surface area contributed by atoms with Crippen LogP contribution < -0.4 is 0 Å². The minimum atomic E-state index is -3.35. The summed E-state index contributed by atoms with van der Waals surface area (Å²) >= 11 is 8.11. The third-order valence-electron chi connectivity index (χ3n) is 1.79. The summed E-state index contributed by atoms with van der Waals surface area (Å²) in [5, 5.41) is 0. The number of carbonyl (C=O) groups excluding carboxylic acids is 1. The number of thiol groups is 2. The van der Waals surface area contributed by atoms with E-state index in [1.54, 1.807) is 6.92 Å². The summed E-state index contributed by atoms with van der Waals surface area (Å²) in [7, 11) is 0.679. The molecular weight excluding hydrogens is 256 g/mol. The number of rotatable bonds is 6. The van der Waals surface area contributed by atoms with Crippen LogP contribution >= 0.6 is 25.3 Å². The van der Waals surface area contributed by atoms with E-state index in [-0.39, 0.29) is 0 Å². The molecule has 90 valence electrons. The van der Waals surface area contributed by atoms with E-state index in [0.717, 1.165) is 0 Å². The van der Waals surface area contributed by atoms with Crippen LogP contribution in [0.3, 0.4) is 0 Å². The average molecular weight is 272 g/mol. The monoisotopic (exact) mass is 272 g/mol. The molecular formula is C7H16O5S2Si. The zero-order chi connectivity index (χ0) is 12.1. The maximum atomic E-state index is 11.6.